The first kappa shape index (κ1) is 27.5. The Balaban J connectivity index is 1.76. The van der Waals surface area contributed by atoms with Gasteiger partial charge in [-0.2, -0.15) is 0 Å². The summed E-state index contributed by atoms with van der Waals surface area (Å²) in [5.74, 6) is -0.419. The van der Waals surface area contributed by atoms with E-state index in [1.165, 1.54) is 43.1 Å². The molecule has 1 amide bonds. The summed E-state index contributed by atoms with van der Waals surface area (Å²) >= 11 is 6.29. The lowest BCUT2D eigenvalue weighted by Gasteiger charge is -2.17. The van der Waals surface area contributed by atoms with E-state index in [-0.39, 0.29) is 29.8 Å². The Bertz CT molecular complexity index is 1660. The minimum Gasteiger partial charge on any atom is -0.493 e. The number of benzene rings is 3. The number of rotatable bonds is 9. The van der Waals surface area contributed by atoms with Crippen molar-refractivity contribution in [2.24, 2.45) is 0 Å². The van der Waals surface area contributed by atoms with E-state index in [4.69, 9.17) is 25.8 Å². The Morgan fingerprint density at radius 1 is 0.923 bits per heavy atom. The molecule has 0 saturated carbocycles. The van der Waals surface area contributed by atoms with Crippen molar-refractivity contribution in [3.05, 3.63) is 97.7 Å². The second-order valence-electron chi connectivity index (χ2n) is 8.42. The van der Waals surface area contributed by atoms with E-state index in [2.05, 4.69) is 5.32 Å². The molecule has 0 bridgehead atoms. The molecule has 0 saturated heterocycles. The first-order chi connectivity index (χ1) is 18.8. The number of methoxy groups -OCH3 is 2. The number of anilines is 1. The average Bonchev–Trinajstić information content (AvgIpc) is 2.94. The van der Waals surface area contributed by atoms with Gasteiger partial charge in [0, 0.05) is 16.8 Å². The molecule has 4 aromatic rings. The summed E-state index contributed by atoms with van der Waals surface area (Å²) in [5.41, 5.74) is 0.245. The van der Waals surface area contributed by atoms with Crippen molar-refractivity contribution in [1.82, 2.24) is 9.13 Å². The van der Waals surface area contributed by atoms with E-state index >= 15 is 0 Å². The lowest BCUT2D eigenvalue weighted by Crippen LogP contribution is -2.42. The third-order valence-electron chi connectivity index (χ3n) is 6.00. The van der Waals surface area contributed by atoms with Crippen LogP contribution in [0.5, 0.6) is 11.5 Å². The third kappa shape index (κ3) is 5.80. The monoisotopic (exact) mass is 551 g/mol. The number of fused-ring (bicyclic) bond motifs is 1. The van der Waals surface area contributed by atoms with Gasteiger partial charge < -0.3 is 19.5 Å². The van der Waals surface area contributed by atoms with Crippen LogP contribution in [0.4, 0.5) is 5.69 Å². The van der Waals surface area contributed by atoms with Crippen LogP contribution in [0.15, 0.2) is 70.3 Å². The lowest BCUT2D eigenvalue weighted by atomic mass is 10.2. The van der Waals surface area contributed by atoms with Gasteiger partial charge in [-0.15, -0.1) is 0 Å². The number of hydrogen-bond donors (Lipinski definition) is 1. The molecule has 202 valence electrons. The number of hydrogen-bond acceptors (Lipinski definition) is 7. The standard InChI is InChI=1S/C28H26ClN3O7/c1-4-39-27(35)17-9-11-19(12-10-17)30-25(33)16-31-22-14-24(38-3)23(37-2)13-20(22)26(34)32(28(31)36)15-18-7-5-6-8-21(18)29/h5-14H,4,15-16H2,1-3H3,(H,30,33). The molecule has 0 aliphatic carbocycles. The van der Waals surface area contributed by atoms with Gasteiger partial charge in [0.15, 0.2) is 11.5 Å². The van der Waals surface area contributed by atoms with Crippen LogP contribution in [-0.4, -0.2) is 41.8 Å². The van der Waals surface area contributed by atoms with Crippen molar-refractivity contribution >= 4 is 40.1 Å². The minimum atomic E-state index is -0.701. The summed E-state index contributed by atoms with van der Waals surface area (Å²) < 4.78 is 17.9. The molecule has 4 rings (SSSR count). The van der Waals surface area contributed by atoms with Crippen molar-refractivity contribution in [1.29, 1.82) is 0 Å². The van der Waals surface area contributed by atoms with E-state index < -0.39 is 29.7 Å². The maximum Gasteiger partial charge on any atom is 0.338 e. The van der Waals surface area contributed by atoms with Crippen molar-refractivity contribution in [2.45, 2.75) is 20.0 Å². The highest BCUT2D eigenvalue weighted by molar-refractivity contribution is 6.31. The van der Waals surface area contributed by atoms with Crippen LogP contribution in [0.3, 0.4) is 0 Å². The zero-order chi connectivity index (χ0) is 28.1. The summed E-state index contributed by atoms with van der Waals surface area (Å²) in [6.45, 7) is 1.45. The topological polar surface area (TPSA) is 118 Å². The van der Waals surface area contributed by atoms with Gasteiger partial charge in [0.2, 0.25) is 5.91 Å². The smallest absolute Gasteiger partial charge is 0.338 e. The van der Waals surface area contributed by atoms with Gasteiger partial charge in [-0.1, -0.05) is 29.8 Å². The first-order valence-corrected chi connectivity index (χ1v) is 12.3. The maximum atomic E-state index is 13.6. The second kappa shape index (κ2) is 11.9. The van der Waals surface area contributed by atoms with E-state index in [9.17, 15) is 19.2 Å². The predicted molar refractivity (Wildman–Crippen MR) is 147 cm³/mol. The quantitative estimate of drug-likeness (QED) is 0.315. The Kier molecular flexibility index (Phi) is 8.36. The molecule has 39 heavy (non-hydrogen) atoms. The van der Waals surface area contributed by atoms with Gasteiger partial charge in [0.1, 0.15) is 6.54 Å². The van der Waals surface area contributed by atoms with Crippen molar-refractivity contribution < 1.29 is 23.8 Å². The number of ether oxygens (including phenoxy) is 3. The van der Waals surface area contributed by atoms with Gasteiger partial charge in [0.25, 0.3) is 5.56 Å². The molecule has 0 unspecified atom stereocenters. The Labute approximate surface area is 228 Å². The lowest BCUT2D eigenvalue weighted by molar-refractivity contribution is -0.116. The van der Waals surface area contributed by atoms with Crippen LogP contribution in [0.2, 0.25) is 5.02 Å². The van der Waals surface area contributed by atoms with Crippen molar-refractivity contribution in [2.75, 3.05) is 26.1 Å². The molecule has 11 heteroatoms. The number of amides is 1. The van der Waals surface area contributed by atoms with Gasteiger partial charge >= 0.3 is 11.7 Å². The van der Waals surface area contributed by atoms with Crippen LogP contribution < -0.4 is 26.0 Å². The Hall–Kier alpha value is -4.57. The highest BCUT2D eigenvalue weighted by Gasteiger charge is 2.20. The van der Waals surface area contributed by atoms with E-state index in [1.807, 2.05) is 0 Å². The molecule has 0 aliphatic rings. The van der Waals surface area contributed by atoms with Gasteiger partial charge in [-0.25, -0.2) is 9.59 Å². The molecule has 10 nitrogen and oxygen atoms in total. The molecule has 1 N–H and O–H groups in total. The van der Waals surface area contributed by atoms with Crippen LogP contribution >= 0.6 is 11.6 Å². The number of nitrogens with one attached hydrogen (secondary N) is 1. The van der Waals surface area contributed by atoms with Crippen LogP contribution in [0, 0.1) is 0 Å². The molecule has 0 aliphatic heterocycles. The fourth-order valence-corrected chi connectivity index (χ4v) is 4.28. The SMILES string of the molecule is CCOC(=O)c1ccc(NC(=O)Cn2c(=O)n(Cc3ccccc3Cl)c(=O)c3cc(OC)c(OC)cc32)cc1. The molecular weight excluding hydrogens is 526 g/mol. The largest absolute Gasteiger partial charge is 0.493 e. The number of halogens is 1. The zero-order valence-electron chi connectivity index (χ0n) is 21.5. The van der Waals surface area contributed by atoms with Crippen molar-refractivity contribution in [3.63, 3.8) is 0 Å². The molecule has 1 heterocycles. The summed E-state index contributed by atoms with van der Waals surface area (Å²) in [5, 5.41) is 3.26. The number of carbonyl (C=O) groups is 2. The van der Waals surface area contributed by atoms with Crippen molar-refractivity contribution in [3.8, 4) is 11.5 Å². The van der Waals surface area contributed by atoms with Crippen LogP contribution in [0.25, 0.3) is 10.9 Å². The van der Waals surface area contributed by atoms with Gasteiger partial charge in [-0.3, -0.25) is 18.7 Å². The third-order valence-corrected chi connectivity index (χ3v) is 6.37. The molecule has 0 radical (unpaired) electrons. The number of aromatic nitrogens is 2. The number of nitrogens with zero attached hydrogens (tertiary/aromatic N) is 2. The highest BCUT2D eigenvalue weighted by Crippen LogP contribution is 2.30. The van der Waals surface area contributed by atoms with Gasteiger partial charge in [0.05, 0.1) is 43.8 Å². The summed E-state index contributed by atoms with van der Waals surface area (Å²) in [7, 11) is 2.86. The van der Waals surface area contributed by atoms with Gasteiger partial charge in [-0.05, 0) is 48.9 Å². The Morgan fingerprint density at radius 2 is 1.59 bits per heavy atom. The second-order valence-corrected chi connectivity index (χ2v) is 8.83. The van der Waals surface area contributed by atoms with E-state index in [0.29, 0.717) is 27.6 Å². The predicted octanol–water partition coefficient (Wildman–Crippen LogP) is 3.70. The van der Waals surface area contributed by atoms with Crippen LogP contribution in [-0.2, 0) is 22.6 Å². The summed E-state index contributed by atoms with van der Waals surface area (Å²) in [4.78, 5) is 52.0. The summed E-state index contributed by atoms with van der Waals surface area (Å²) in [6, 6.07) is 16.0. The number of esters is 1. The fourth-order valence-electron chi connectivity index (χ4n) is 4.08. The molecule has 0 atom stereocenters. The van der Waals surface area contributed by atoms with E-state index in [0.717, 1.165) is 4.57 Å². The molecular formula is C28H26ClN3O7. The zero-order valence-corrected chi connectivity index (χ0v) is 22.3. The molecule has 0 spiro atoms. The number of carbonyl (C=O) groups excluding carboxylic acids is 2. The normalized spacial score (nSPS) is 10.8. The highest BCUT2D eigenvalue weighted by atomic mass is 35.5. The fraction of sp³-hybridized carbons (Fsp3) is 0.214. The van der Waals surface area contributed by atoms with Crippen LogP contribution in [0.1, 0.15) is 22.8 Å². The molecule has 3 aromatic carbocycles. The van der Waals surface area contributed by atoms with E-state index in [1.54, 1.807) is 43.3 Å². The molecule has 1 aromatic heterocycles. The maximum absolute atomic E-state index is 13.6. The average molecular weight is 552 g/mol. The minimum absolute atomic E-state index is 0.0986. The summed E-state index contributed by atoms with van der Waals surface area (Å²) in [6.07, 6.45) is 0. The molecule has 0 fully saturated rings. The first-order valence-electron chi connectivity index (χ1n) is 12.0. The Morgan fingerprint density at radius 3 is 2.23 bits per heavy atom.